The standard InChI is InChI=1S/C14H17F2N3O2S/c1-9(18)13-4-2-3-5-19(13)22(20,21)14-11(15)6-10(8-17)7-12(14)16/h6-7,9,13H,2-5,18H2,1H3. The SMILES string of the molecule is CC(N)C1CCCCN1S(=O)(=O)c1c(F)cc(C#N)cc1F. The van der Waals surface area contributed by atoms with E-state index in [1.165, 1.54) is 0 Å². The molecule has 120 valence electrons. The number of nitriles is 1. The zero-order chi connectivity index (χ0) is 16.5. The first-order chi connectivity index (χ1) is 10.3. The number of sulfonamides is 1. The lowest BCUT2D eigenvalue weighted by molar-refractivity contribution is 0.226. The van der Waals surface area contributed by atoms with Crippen molar-refractivity contribution in [1.29, 1.82) is 5.26 Å². The van der Waals surface area contributed by atoms with E-state index in [1.54, 1.807) is 13.0 Å². The third-order valence-corrected chi connectivity index (χ3v) is 5.78. The van der Waals surface area contributed by atoms with Gasteiger partial charge in [0.15, 0.2) is 4.90 Å². The number of piperidine rings is 1. The van der Waals surface area contributed by atoms with Crippen LogP contribution < -0.4 is 5.73 Å². The van der Waals surface area contributed by atoms with Crippen LogP contribution >= 0.6 is 0 Å². The van der Waals surface area contributed by atoms with Gasteiger partial charge in [0.2, 0.25) is 10.0 Å². The largest absolute Gasteiger partial charge is 0.326 e. The molecular weight excluding hydrogens is 312 g/mol. The minimum Gasteiger partial charge on any atom is -0.326 e. The van der Waals surface area contributed by atoms with Crippen molar-refractivity contribution in [3.63, 3.8) is 0 Å². The quantitative estimate of drug-likeness (QED) is 0.915. The summed E-state index contributed by atoms with van der Waals surface area (Å²) in [7, 11) is -4.35. The molecule has 1 aliphatic heterocycles. The van der Waals surface area contributed by atoms with Crippen LogP contribution in [0, 0.1) is 23.0 Å². The third-order valence-electron chi connectivity index (χ3n) is 3.80. The van der Waals surface area contributed by atoms with Gasteiger partial charge in [-0.2, -0.15) is 9.57 Å². The monoisotopic (exact) mass is 329 g/mol. The second-order valence-electron chi connectivity index (χ2n) is 5.42. The highest BCUT2D eigenvalue weighted by Gasteiger charge is 2.38. The van der Waals surface area contributed by atoms with Crippen molar-refractivity contribution in [3.8, 4) is 6.07 Å². The van der Waals surface area contributed by atoms with E-state index in [9.17, 15) is 17.2 Å². The van der Waals surface area contributed by atoms with E-state index in [-0.39, 0.29) is 12.1 Å². The van der Waals surface area contributed by atoms with Crippen LogP contribution in [0.25, 0.3) is 0 Å². The molecule has 8 heteroatoms. The van der Waals surface area contributed by atoms with Crippen molar-refractivity contribution >= 4 is 10.0 Å². The number of benzene rings is 1. The van der Waals surface area contributed by atoms with Crippen LogP contribution in [-0.4, -0.2) is 31.4 Å². The molecule has 0 amide bonds. The lowest BCUT2D eigenvalue weighted by Gasteiger charge is -2.36. The molecular formula is C14H17F2N3O2S. The number of halogens is 2. The van der Waals surface area contributed by atoms with Gasteiger partial charge in [-0.3, -0.25) is 0 Å². The number of nitrogens with zero attached hydrogens (tertiary/aromatic N) is 2. The van der Waals surface area contributed by atoms with Crippen LogP contribution in [0.3, 0.4) is 0 Å². The molecule has 0 aromatic heterocycles. The van der Waals surface area contributed by atoms with Gasteiger partial charge in [-0.25, -0.2) is 17.2 Å². The maximum atomic E-state index is 14.0. The number of hydrogen-bond acceptors (Lipinski definition) is 4. The summed E-state index contributed by atoms with van der Waals surface area (Å²) in [6.45, 7) is 1.84. The van der Waals surface area contributed by atoms with Crippen molar-refractivity contribution in [3.05, 3.63) is 29.3 Å². The average molecular weight is 329 g/mol. The molecule has 1 fully saturated rings. The molecule has 0 aliphatic carbocycles. The molecule has 0 saturated carbocycles. The van der Waals surface area contributed by atoms with Crippen LogP contribution in [0.1, 0.15) is 31.7 Å². The molecule has 0 spiro atoms. The lowest BCUT2D eigenvalue weighted by Crippen LogP contribution is -2.51. The summed E-state index contributed by atoms with van der Waals surface area (Å²) < 4.78 is 54.5. The van der Waals surface area contributed by atoms with Gasteiger partial charge in [0.1, 0.15) is 11.6 Å². The summed E-state index contributed by atoms with van der Waals surface area (Å²) >= 11 is 0. The Labute approximate surface area is 128 Å². The molecule has 1 aromatic rings. The van der Waals surface area contributed by atoms with Crippen LogP contribution in [0.2, 0.25) is 0 Å². The van der Waals surface area contributed by atoms with Crippen LogP contribution in [0.4, 0.5) is 8.78 Å². The van der Waals surface area contributed by atoms with Gasteiger partial charge < -0.3 is 5.73 Å². The summed E-state index contributed by atoms with van der Waals surface area (Å²) in [5, 5.41) is 8.68. The number of rotatable bonds is 3. The average Bonchev–Trinajstić information content (AvgIpc) is 2.46. The Morgan fingerprint density at radius 2 is 1.95 bits per heavy atom. The van der Waals surface area contributed by atoms with Gasteiger partial charge in [-0.1, -0.05) is 6.42 Å². The van der Waals surface area contributed by atoms with Crippen LogP contribution in [-0.2, 0) is 10.0 Å². The van der Waals surface area contributed by atoms with Gasteiger partial charge in [-0.05, 0) is 31.9 Å². The fourth-order valence-corrected chi connectivity index (χ4v) is 4.61. The predicted molar refractivity (Wildman–Crippen MR) is 76.3 cm³/mol. The highest BCUT2D eigenvalue weighted by Crippen LogP contribution is 2.30. The van der Waals surface area contributed by atoms with Crippen molar-refractivity contribution in [2.24, 2.45) is 5.73 Å². The van der Waals surface area contributed by atoms with Crippen molar-refractivity contribution < 1.29 is 17.2 Å². The first kappa shape index (κ1) is 16.8. The molecule has 2 unspecified atom stereocenters. The zero-order valence-corrected chi connectivity index (χ0v) is 12.9. The summed E-state index contributed by atoms with van der Waals surface area (Å²) in [6, 6.07) is 2.09. The fraction of sp³-hybridized carbons (Fsp3) is 0.500. The Morgan fingerprint density at radius 3 is 2.45 bits per heavy atom. The Kier molecular flexibility index (Phi) is 4.80. The van der Waals surface area contributed by atoms with E-state index in [2.05, 4.69) is 0 Å². The summed E-state index contributed by atoms with van der Waals surface area (Å²) in [5.74, 6) is -2.52. The van der Waals surface area contributed by atoms with Gasteiger partial charge in [0, 0.05) is 18.6 Å². The van der Waals surface area contributed by atoms with Gasteiger partial charge in [0.05, 0.1) is 11.6 Å². The molecule has 2 N–H and O–H groups in total. The third kappa shape index (κ3) is 2.97. The molecule has 1 aromatic carbocycles. The normalized spacial score (nSPS) is 21.3. The lowest BCUT2D eigenvalue weighted by atomic mass is 10.00. The highest BCUT2D eigenvalue weighted by molar-refractivity contribution is 7.89. The van der Waals surface area contributed by atoms with Crippen LogP contribution in [0.15, 0.2) is 17.0 Å². The molecule has 22 heavy (non-hydrogen) atoms. The maximum absolute atomic E-state index is 14.0. The van der Waals surface area contributed by atoms with Crippen LogP contribution in [0.5, 0.6) is 0 Å². The molecule has 2 rings (SSSR count). The Hall–Kier alpha value is -1.56. The molecule has 1 aliphatic rings. The molecule has 2 atom stereocenters. The van der Waals surface area contributed by atoms with Gasteiger partial charge >= 0.3 is 0 Å². The summed E-state index contributed by atoms with van der Waals surface area (Å²) in [4.78, 5) is -1.01. The smallest absolute Gasteiger partial charge is 0.249 e. The van der Waals surface area contributed by atoms with E-state index in [4.69, 9.17) is 11.0 Å². The Morgan fingerprint density at radius 1 is 1.36 bits per heavy atom. The second-order valence-corrected chi connectivity index (χ2v) is 7.25. The second kappa shape index (κ2) is 6.28. The first-order valence-electron chi connectivity index (χ1n) is 6.95. The molecule has 1 saturated heterocycles. The van der Waals surface area contributed by atoms with E-state index in [0.717, 1.165) is 22.9 Å². The maximum Gasteiger partial charge on any atom is 0.249 e. The highest BCUT2D eigenvalue weighted by atomic mass is 32.2. The zero-order valence-electron chi connectivity index (χ0n) is 12.1. The predicted octanol–water partition coefficient (Wildman–Crippen LogP) is 1.73. The molecule has 5 nitrogen and oxygen atoms in total. The topological polar surface area (TPSA) is 87.2 Å². The molecule has 0 radical (unpaired) electrons. The molecule has 1 heterocycles. The van der Waals surface area contributed by atoms with Gasteiger partial charge in [-0.15, -0.1) is 0 Å². The van der Waals surface area contributed by atoms with E-state index in [1.807, 2.05) is 0 Å². The summed E-state index contributed by atoms with van der Waals surface area (Å²) in [6.07, 6.45) is 1.98. The van der Waals surface area contributed by atoms with Crippen molar-refractivity contribution in [2.75, 3.05) is 6.54 Å². The fourth-order valence-electron chi connectivity index (χ4n) is 2.74. The number of nitrogens with two attached hydrogens (primary N) is 1. The minimum absolute atomic E-state index is 0.174. The first-order valence-corrected chi connectivity index (χ1v) is 8.39. The molecule has 0 bridgehead atoms. The number of hydrogen-bond donors (Lipinski definition) is 1. The minimum atomic E-state index is -4.35. The van der Waals surface area contributed by atoms with E-state index >= 15 is 0 Å². The summed E-state index contributed by atoms with van der Waals surface area (Å²) in [5.41, 5.74) is 5.55. The Bertz CT molecular complexity index is 690. The van der Waals surface area contributed by atoms with E-state index < -0.39 is 38.6 Å². The van der Waals surface area contributed by atoms with Gasteiger partial charge in [0.25, 0.3) is 0 Å². The van der Waals surface area contributed by atoms with E-state index in [0.29, 0.717) is 12.8 Å². The van der Waals surface area contributed by atoms with Crippen molar-refractivity contribution in [2.45, 2.75) is 43.2 Å². The van der Waals surface area contributed by atoms with Crippen molar-refractivity contribution in [1.82, 2.24) is 4.31 Å². The Balaban J connectivity index is 2.53.